The molecule has 0 aliphatic heterocycles. The quantitative estimate of drug-likeness (QED) is 0.698. The Bertz CT molecular complexity index is 311. The number of ether oxygens (including phenoxy) is 1. The maximum absolute atomic E-state index is 11.7. The third-order valence-corrected chi connectivity index (χ3v) is 2.39. The molecule has 0 saturated carbocycles. The van der Waals surface area contributed by atoms with Gasteiger partial charge in [0.1, 0.15) is 6.54 Å². The summed E-state index contributed by atoms with van der Waals surface area (Å²) < 4.78 is 62.3. The Morgan fingerprint density at radius 2 is 1.93 bits per heavy atom. The predicted molar refractivity (Wildman–Crippen MR) is 44.5 cm³/mol. The molecule has 5 nitrogen and oxygen atoms in total. The Labute approximate surface area is 84.6 Å². The number of hydrogen-bond acceptors (Lipinski definition) is 4. The topological polar surface area (TPSA) is 72.5 Å². The number of carbonyl (C=O) groups excluding carboxylic acids is 1. The smallest absolute Gasteiger partial charge is 0.404 e. The van der Waals surface area contributed by atoms with Crippen LogP contribution in [0.1, 0.15) is 6.92 Å². The predicted octanol–water partition coefficient (Wildman–Crippen LogP) is 0.0312. The van der Waals surface area contributed by atoms with E-state index in [0.717, 1.165) is 0 Å². The van der Waals surface area contributed by atoms with Crippen LogP contribution >= 0.6 is 0 Å². The summed E-state index contributed by atoms with van der Waals surface area (Å²) in [4.78, 5) is 10.6. The first-order chi connectivity index (χ1) is 6.66. The molecular weight excluding hydrogens is 239 g/mol. The highest BCUT2D eigenvalue weighted by atomic mass is 32.2. The average molecular weight is 249 g/mol. The summed E-state index contributed by atoms with van der Waals surface area (Å²) in [7, 11) is -4.53. The van der Waals surface area contributed by atoms with E-state index in [1.807, 2.05) is 0 Å². The molecule has 0 fully saturated rings. The molecule has 1 N–H and O–H groups in total. The minimum Gasteiger partial charge on any atom is -0.465 e. The summed E-state index contributed by atoms with van der Waals surface area (Å²) in [6.45, 7) is 0.716. The van der Waals surface area contributed by atoms with Gasteiger partial charge in [0.25, 0.3) is 0 Å². The van der Waals surface area contributed by atoms with Gasteiger partial charge in [-0.1, -0.05) is 0 Å². The largest absolute Gasteiger partial charge is 0.465 e. The summed E-state index contributed by atoms with van der Waals surface area (Å²) in [6.07, 6.45) is -4.83. The van der Waals surface area contributed by atoms with Gasteiger partial charge in [-0.25, -0.2) is 13.1 Å². The van der Waals surface area contributed by atoms with E-state index in [9.17, 15) is 26.4 Å². The van der Waals surface area contributed by atoms with Gasteiger partial charge in [-0.3, -0.25) is 4.79 Å². The Kier molecular flexibility index (Phi) is 5.01. The Morgan fingerprint density at radius 3 is 2.33 bits per heavy atom. The van der Waals surface area contributed by atoms with Gasteiger partial charge in [-0.2, -0.15) is 13.2 Å². The molecule has 0 amide bonds. The normalized spacial score (nSPS) is 12.5. The second-order valence-electron chi connectivity index (χ2n) is 2.50. The van der Waals surface area contributed by atoms with Crippen LogP contribution in [0.3, 0.4) is 0 Å². The number of alkyl halides is 3. The highest BCUT2D eigenvalue weighted by Gasteiger charge is 2.35. The molecule has 0 aromatic carbocycles. The molecule has 0 radical (unpaired) electrons. The molecule has 0 rings (SSSR count). The lowest BCUT2D eigenvalue weighted by Gasteiger charge is -2.08. The highest BCUT2D eigenvalue weighted by Crippen LogP contribution is 2.16. The molecule has 0 aromatic rings. The first-order valence-electron chi connectivity index (χ1n) is 3.86. The molecular formula is C6H10F3NO4S. The first-order valence-corrected chi connectivity index (χ1v) is 5.51. The monoisotopic (exact) mass is 249 g/mol. The number of nitrogens with one attached hydrogen (secondary N) is 1. The van der Waals surface area contributed by atoms with Crippen LogP contribution in [0, 0.1) is 0 Å². The van der Waals surface area contributed by atoms with Gasteiger partial charge in [-0.05, 0) is 6.92 Å². The molecule has 0 bridgehead atoms. The van der Waals surface area contributed by atoms with Crippen molar-refractivity contribution in [3.05, 3.63) is 0 Å². The Hall–Kier alpha value is -0.830. The lowest BCUT2D eigenvalue weighted by atomic mass is 10.7. The second-order valence-corrected chi connectivity index (χ2v) is 4.31. The summed E-state index contributed by atoms with van der Waals surface area (Å²) in [5.41, 5.74) is 0. The van der Waals surface area contributed by atoms with Crippen molar-refractivity contribution in [2.75, 3.05) is 18.9 Å². The SMILES string of the molecule is CCOC(=O)CNS(=O)(=O)CC(F)(F)F. The van der Waals surface area contributed by atoms with Gasteiger partial charge in [0.05, 0.1) is 6.61 Å². The maximum atomic E-state index is 11.7. The van der Waals surface area contributed by atoms with Crippen LogP contribution < -0.4 is 4.72 Å². The van der Waals surface area contributed by atoms with Crippen LogP contribution in [0.25, 0.3) is 0 Å². The van der Waals surface area contributed by atoms with Gasteiger partial charge < -0.3 is 4.74 Å². The Balaban J connectivity index is 4.12. The van der Waals surface area contributed by atoms with Crippen LogP contribution in [0.2, 0.25) is 0 Å². The first kappa shape index (κ1) is 14.2. The molecule has 0 atom stereocenters. The van der Waals surface area contributed by atoms with Gasteiger partial charge in [0.2, 0.25) is 10.0 Å². The van der Waals surface area contributed by atoms with E-state index in [-0.39, 0.29) is 6.61 Å². The van der Waals surface area contributed by atoms with Gasteiger partial charge in [0.15, 0.2) is 5.75 Å². The molecule has 15 heavy (non-hydrogen) atoms. The van der Waals surface area contributed by atoms with Crippen LogP contribution in [-0.2, 0) is 19.6 Å². The minimum absolute atomic E-state index is 0.0276. The van der Waals surface area contributed by atoms with E-state index in [2.05, 4.69) is 4.74 Å². The molecule has 0 heterocycles. The van der Waals surface area contributed by atoms with Crippen LogP contribution in [0.4, 0.5) is 13.2 Å². The zero-order chi connectivity index (χ0) is 12.1. The third kappa shape index (κ3) is 8.18. The van der Waals surface area contributed by atoms with Crippen LogP contribution in [0.15, 0.2) is 0 Å². The molecule has 0 aliphatic carbocycles. The van der Waals surface area contributed by atoms with Crippen molar-refractivity contribution in [2.45, 2.75) is 13.1 Å². The standard InChI is InChI=1S/C6H10F3NO4S/c1-2-14-5(11)3-10-15(12,13)4-6(7,8)9/h10H,2-4H2,1H3. The van der Waals surface area contributed by atoms with Crippen molar-refractivity contribution < 1.29 is 31.1 Å². The number of rotatable bonds is 5. The molecule has 0 saturated heterocycles. The highest BCUT2D eigenvalue weighted by molar-refractivity contribution is 7.89. The van der Waals surface area contributed by atoms with Gasteiger partial charge in [0, 0.05) is 0 Å². The second kappa shape index (κ2) is 5.31. The van der Waals surface area contributed by atoms with E-state index in [1.54, 1.807) is 0 Å². The van der Waals surface area contributed by atoms with E-state index in [0.29, 0.717) is 0 Å². The number of carbonyl (C=O) groups is 1. The van der Waals surface area contributed by atoms with Gasteiger partial charge >= 0.3 is 12.1 Å². The van der Waals surface area contributed by atoms with E-state index in [4.69, 9.17) is 0 Å². The van der Waals surface area contributed by atoms with Gasteiger partial charge in [-0.15, -0.1) is 0 Å². The number of esters is 1. The molecule has 0 aliphatic rings. The fourth-order valence-corrected chi connectivity index (χ4v) is 1.52. The van der Waals surface area contributed by atoms with E-state index in [1.165, 1.54) is 11.6 Å². The molecule has 0 aromatic heterocycles. The molecule has 0 spiro atoms. The Morgan fingerprint density at radius 1 is 1.40 bits per heavy atom. The summed E-state index contributed by atoms with van der Waals surface area (Å²) in [5.74, 6) is -2.94. The van der Waals surface area contributed by atoms with Crippen molar-refractivity contribution >= 4 is 16.0 Å². The van der Waals surface area contributed by atoms with Crippen molar-refractivity contribution in [1.29, 1.82) is 0 Å². The van der Waals surface area contributed by atoms with Crippen molar-refractivity contribution in [2.24, 2.45) is 0 Å². The maximum Gasteiger partial charge on any atom is 0.404 e. The zero-order valence-electron chi connectivity index (χ0n) is 7.80. The lowest BCUT2D eigenvalue weighted by Crippen LogP contribution is -2.37. The molecule has 90 valence electrons. The van der Waals surface area contributed by atoms with Crippen molar-refractivity contribution in [3.63, 3.8) is 0 Å². The fraction of sp³-hybridized carbons (Fsp3) is 0.833. The average Bonchev–Trinajstić information content (AvgIpc) is 1.97. The number of sulfonamides is 1. The number of hydrogen-bond donors (Lipinski definition) is 1. The third-order valence-electron chi connectivity index (χ3n) is 1.10. The number of halogens is 3. The molecule has 0 unspecified atom stereocenters. The molecule has 9 heteroatoms. The van der Waals surface area contributed by atoms with E-state index < -0.39 is 34.5 Å². The minimum atomic E-state index is -4.83. The summed E-state index contributed by atoms with van der Waals surface area (Å²) in [6, 6.07) is 0. The lowest BCUT2D eigenvalue weighted by molar-refractivity contribution is -0.141. The summed E-state index contributed by atoms with van der Waals surface area (Å²) in [5, 5.41) is 0. The van der Waals surface area contributed by atoms with Crippen molar-refractivity contribution in [1.82, 2.24) is 4.72 Å². The fourth-order valence-electron chi connectivity index (χ4n) is 0.647. The summed E-state index contributed by atoms with van der Waals surface area (Å²) >= 11 is 0. The van der Waals surface area contributed by atoms with Crippen molar-refractivity contribution in [3.8, 4) is 0 Å². The zero-order valence-corrected chi connectivity index (χ0v) is 8.61. The van der Waals surface area contributed by atoms with Crippen LogP contribution in [0.5, 0.6) is 0 Å². The van der Waals surface area contributed by atoms with Crippen LogP contribution in [-0.4, -0.2) is 39.5 Å². The van der Waals surface area contributed by atoms with E-state index >= 15 is 0 Å².